The number of imidazole rings is 1. The van der Waals surface area contributed by atoms with Crippen LogP contribution in [0.5, 0.6) is 0 Å². The summed E-state index contributed by atoms with van der Waals surface area (Å²) in [6, 6.07) is 9.49. The number of nitrogens with one attached hydrogen (secondary N) is 1. The van der Waals surface area contributed by atoms with E-state index in [4.69, 9.17) is 0 Å². The van der Waals surface area contributed by atoms with Crippen LogP contribution in [0.25, 0.3) is 0 Å². The highest BCUT2D eigenvalue weighted by atomic mass is 15.1. The van der Waals surface area contributed by atoms with Gasteiger partial charge in [0, 0.05) is 24.8 Å². The first kappa shape index (κ1) is 13.8. The lowest BCUT2D eigenvalue weighted by atomic mass is 10.1. The van der Waals surface area contributed by atoms with Gasteiger partial charge >= 0.3 is 0 Å². The third-order valence-corrected chi connectivity index (χ3v) is 3.47. The smallest absolute Gasteiger partial charge is 0.0951 e. The van der Waals surface area contributed by atoms with Crippen molar-refractivity contribution in [2.45, 2.75) is 46.3 Å². The molecule has 0 spiro atoms. The lowest BCUT2D eigenvalue weighted by molar-refractivity contribution is 0.518. The van der Waals surface area contributed by atoms with Gasteiger partial charge in [-0.3, -0.25) is 0 Å². The van der Waals surface area contributed by atoms with Crippen LogP contribution in [-0.4, -0.2) is 9.55 Å². The summed E-state index contributed by atoms with van der Waals surface area (Å²) in [6.07, 6.45) is 3.84. The molecule has 1 atom stereocenters. The van der Waals surface area contributed by atoms with Crippen molar-refractivity contribution in [3.63, 3.8) is 0 Å². The van der Waals surface area contributed by atoms with E-state index in [1.54, 1.807) is 0 Å². The van der Waals surface area contributed by atoms with Gasteiger partial charge in [0.1, 0.15) is 0 Å². The summed E-state index contributed by atoms with van der Waals surface area (Å²) in [4.78, 5) is 4.23. The van der Waals surface area contributed by atoms with Crippen molar-refractivity contribution in [2.24, 2.45) is 0 Å². The molecule has 1 N–H and O–H groups in total. The van der Waals surface area contributed by atoms with Crippen LogP contribution in [0.15, 0.2) is 36.8 Å². The lowest BCUT2D eigenvalue weighted by Gasteiger charge is -2.17. The second-order valence-corrected chi connectivity index (χ2v) is 5.40. The summed E-state index contributed by atoms with van der Waals surface area (Å²) in [5, 5.41) is 3.56. The van der Waals surface area contributed by atoms with Crippen LogP contribution in [-0.2, 0) is 6.54 Å². The average Bonchev–Trinajstić information content (AvgIpc) is 2.85. The van der Waals surface area contributed by atoms with E-state index in [1.165, 1.54) is 16.8 Å². The van der Waals surface area contributed by atoms with Gasteiger partial charge in [0.15, 0.2) is 0 Å². The van der Waals surface area contributed by atoms with Crippen LogP contribution in [0.2, 0.25) is 0 Å². The number of nitrogens with zero attached hydrogens (tertiary/aromatic N) is 2. The number of benzene rings is 1. The Morgan fingerprint density at radius 2 is 1.84 bits per heavy atom. The van der Waals surface area contributed by atoms with E-state index in [0.29, 0.717) is 12.1 Å². The van der Waals surface area contributed by atoms with Crippen LogP contribution in [0.3, 0.4) is 0 Å². The normalized spacial score (nSPS) is 12.9. The first-order chi connectivity index (χ1) is 9.08. The fraction of sp³-hybridized carbons (Fsp3) is 0.438. The summed E-state index contributed by atoms with van der Waals surface area (Å²) in [5.41, 5.74) is 3.85. The van der Waals surface area contributed by atoms with E-state index >= 15 is 0 Å². The van der Waals surface area contributed by atoms with Gasteiger partial charge in [-0.15, -0.1) is 0 Å². The molecule has 0 fully saturated rings. The molecule has 19 heavy (non-hydrogen) atoms. The number of aromatic nitrogens is 2. The maximum absolute atomic E-state index is 4.23. The Morgan fingerprint density at radius 1 is 1.16 bits per heavy atom. The summed E-state index contributed by atoms with van der Waals surface area (Å²) >= 11 is 0. The standard InChI is InChI=1S/C16H23N3/c1-12(2)19-11-17-9-16(19)10-18-14(4)15-7-5-13(3)6-8-15/h5-9,11-12,14,18H,10H2,1-4H3/t14-/m1/s1. The van der Waals surface area contributed by atoms with Crippen LogP contribution in [0, 0.1) is 6.92 Å². The Kier molecular flexibility index (Phi) is 4.38. The zero-order chi connectivity index (χ0) is 13.8. The molecule has 0 saturated heterocycles. The summed E-state index contributed by atoms with van der Waals surface area (Å²) in [6.45, 7) is 9.50. The van der Waals surface area contributed by atoms with Gasteiger partial charge in [0.05, 0.1) is 12.0 Å². The Hall–Kier alpha value is -1.61. The molecule has 0 unspecified atom stereocenters. The van der Waals surface area contributed by atoms with Gasteiger partial charge in [-0.1, -0.05) is 29.8 Å². The number of rotatable bonds is 5. The molecule has 1 aromatic heterocycles. The highest BCUT2D eigenvalue weighted by Gasteiger charge is 2.08. The SMILES string of the molecule is Cc1ccc([C@@H](C)NCc2cncn2C(C)C)cc1. The van der Waals surface area contributed by atoms with Crippen LogP contribution in [0.4, 0.5) is 0 Å². The number of hydrogen-bond acceptors (Lipinski definition) is 2. The predicted molar refractivity (Wildman–Crippen MR) is 79.0 cm³/mol. The van der Waals surface area contributed by atoms with Crippen LogP contribution >= 0.6 is 0 Å². The molecule has 2 aromatic rings. The highest BCUT2D eigenvalue weighted by Crippen LogP contribution is 2.15. The molecule has 0 amide bonds. The summed E-state index contributed by atoms with van der Waals surface area (Å²) in [7, 11) is 0. The molecule has 0 radical (unpaired) electrons. The monoisotopic (exact) mass is 257 g/mol. The van der Waals surface area contributed by atoms with E-state index in [9.17, 15) is 0 Å². The second kappa shape index (κ2) is 6.02. The Morgan fingerprint density at radius 3 is 2.47 bits per heavy atom. The molecular weight excluding hydrogens is 234 g/mol. The Bertz CT molecular complexity index is 511. The van der Waals surface area contributed by atoms with Crippen LogP contribution < -0.4 is 5.32 Å². The third kappa shape index (κ3) is 3.44. The molecule has 0 aliphatic carbocycles. The van der Waals surface area contributed by atoms with Crippen molar-refractivity contribution in [1.29, 1.82) is 0 Å². The summed E-state index contributed by atoms with van der Waals surface area (Å²) < 4.78 is 2.20. The molecular formula is C16H23N3. The van der Waals surface area contributed by atoms with Crippen molar-refractivity contribution < 1.29 is 0 Å². The first-order valence-electron chi connectivity index (χ1n) is 6.88. The minimum absolute atomic E-state index is 0.344. The fourth-order valence-electron chi connectivity index (χ4n) is 2.16. The second-order valence-electron chi connectivity index (χ2n) is 5.40. The Labute approximate surface area is 115 Å². The van der Waals surface area contributed by atoms with E-state index in [-0.39, 0.29) is 0 Å². The highest BCUT2D eigenvalue weighted by molar-refractivity contribution is 5.23. The quantitative estimate of drug-likeness (QED) is 0.886. The van der Waals surface area contributed by atoms with Gasteiger partial charge in [-0.05, 0) is 33.3 Å². The predicted octanol–water partition coefficient (Wildman–Crippen LogP) is 3.62. The van der Waals surface area contributed by atoms with Crippen molar-refractivity contribution in [3.8, 4) is 0 Å². The van der Waals surface area contributed by atoms with Crippen molar-refractivity contribution in [3.05, 3.63) is 53.6 Å². The minimum Gasteiger partial charge on any atom is -0.331 e. The molecule has 0 saturated carbocycles. The van der Waals surface area contributed by atoms with Gasteiger partial charge < -0.3 is 9.88 Å². The molecule has 0 bridgehead atoms. The molecule has 3 nitrogen and oxygen atoms in total. The van der Waals surface area contributed by atoms with Crippen molar-refractivity contribution in [2.75, 3.05) is 0 Å². The number of aryl methyl sites for hydroxylation is 1. The van der Waals surface area contributed by atoms with E-state index in [2.05, 4.69) is 66.8 Å². The molecule has 3 heteroatoms. The molecule has 2 rings (SSSR count). The number of hydrogen-bond donors (Lipinski definition) is 1. The minimum atomic E-state index is 0.344. The van der Waals surface area contributed by atoms with Crippen molar-refractivity contribution in [1.82, 2.24) is 14.9 Å². The lowest BCUT2D eigenvalue weighted by Crippen LogP contribution is -2.20. The van der Waals surface area contributed by atoms with Gasteiger partial charge in [0.25, 0.3) is 0 Å². The average molecular weight is 257 g/mol. The van der Waals surface area contributed by atoms with E-state index in [0.717, 1.165) is 6.54 Å². The van der Waals surface area contributed by atoms with Gasteiger partial charge in [0.2, 0.25) is 0 Å². The Balaban J connectivity index is 1.98. The molecule has 1 heterocycles. The third-order valence-electron chi connectivity index (χ3n) is 3.47. The largest absolute Gasteiger partial charge is 0.331 e. The zero-order valence-electron chi connectivity index (χ0n) is 12.2. The summed E-state index contributed by atoms with van der Waals surface area (Å²) in [5.74, 6) is 0. The fourth-order valence-corrected chi connectivity index (χ4v) is 2.16. The molecule has 0 aliphatic rings. The van der Waals surface area contributed by atoms with E-state index in [1.807, 2.05) is 12.5 Å². The molecule has 0 aliphatic heterocycles. The first-order valence-corrected chi connectivity index (χ1v) is 6.88. The zero-order valence-corrected chi connectivity index (χ0v) is 12.2. The molecule has 1 aromatic carbocycles. The topological polar surface area (TPSA) is 29.9 Å². The maximum atomic E-state index is 4.23. The van der Waals surface area contributed by atoms with Gasteiger partial charge in [-0.2, -0.15) is 0 Å². The van der Waals surface area contributed by atoms with Gasteiger partial charge in [-0.25, -0.2) is 4.98 Å². The van der Waals surface area contributed by atoms with Crippen molar-refractivity contribution >= 4 is 0 Å². The maximum Gasteiger partial charge on any atom is 0.0951 e. The van der Waals surface area contributed by atoms with E-state index < -0.39 is 0 Å². The molecule has 102 valence electrons. The van der Waals surface area contributed by atoms with Crippen LogP contribution in [0.1, 0.15) is 49.7 Å².